The van der Waals surface area contributed by atoms with Crippen molar-refractivity contribution in [3.05, 3.63) is 74.5 Å². The molecule has 1 aliphatic heterocycles. The Kier molecular flexibility index (Phi) is 4.69. The van der Waals surface area contributed by atoms with Crippen LogP contribution in [0.1, 0.15) is 38.0 Å². The number of hydrogen-bond acceptors (Lipinski definition) is 5. The zero-order valence-corrected chi connectivity index (χ0v) is 15.6. The van der Waals surface area contributed by atoms with E-state index in [1.54, 1.807) is 26.8 Å². The van der Waals surface area contributed by atoms with Gasteiger partial charge in [-0.1, -0.05) is 23.7 Å². The van der Waals surface area contributed by atoms with Gasteiger partial charge >= 0.3 is 5.97 Å². The summed E-state index contributed by atoms with van der Waals surface area (Å²) >= 11 is 6.01. The summed E-state index contributed by atoms with van der Waals surface area (Å²) in [5, 5.41) is 10.9. The third-order valence-corrected chi connectivity index (χ3v) is 4.35. The summed E-state index contributed by atoms with van der Waals surface area (Å²) in [7, 11) is 0. The number of carbonyl (C=O) groups excluding carboxylic acids is 1. The zero-order chi connectivity index (χ0) is 20.0. The van der Waals surface area contributed by atoms with Gasteiger partial charge in [0.2, 0.25) is 5.60 Å². The first kappa shape index (κ1) is 19.3. The third-order valence-electron chi connectivity index (χ3n) is 4.04. The Hall–Kier alpha value is -2.51. The third kappa shape index (κ3) is 3.65. The number of nitro benzene ring substituents is 1. The van der Waals surface area contributed by atoms with Crippen molar-refractivity contribution < 1.29 is 23.6 Å². The standard InChI is InChI=1S/C19H17ClFNO5/c1-18(2,3)27-17(23)19(12-7-8-15(22(24)25)14(20)10-12)16(26-19)11-5-4-6-13(21)9-11/h4-10,16H,1-3H3. The van der Waals surface area contributed by atoms with Gasteiger partial charge in [0.25, 0.3) is 5.69 Å². The molecule has 1 aliphatic rings. The van der Waals surface area contributed by atoms with Crippen LogP contribution in [0.3, 0.4) is 0 Å². The van der Waals surface area contributed by atoms with Crippen LogP contribution >= 0.6 is 11.6 Å². The maximum Gasteiger partial charge on any atom is 0.346 e. The summed E-state index contributed by atoms with van der Waals surface area (Å²) in [6.07, 6.45) is -0.791. The highest BCUT2D eigenvalue weighted by atomic mass is 35.5. The molecule has 2 aromatic carbocycles. The molecule has 0 aromatic heterocycles. The lowest BCUT2D eigenvalue weighted by Gasteiger charge is -2.23. The number of nitro groups is 1. The highest BCUT2D eigenvalue weighted by Gasteiger charge is 2.66. The monoisotopic (exact) mass is 393 g/mol. The fourth-order valence-electron chi connectivity index (χ4n) is 2.86. The highest BCUT2D eigenvalue weighted by molar-refractivity contribution is 6.32. The second-order valence-corrected chi connectivity index (χ2v) is 7.62. The molecular weight excluding hydrogens is 377 g/mol. The van der Waals surface area contributed by atoms with E-state index >= 15 is 0 Å². The van der Waals surface area contributed by atoms with Gasteiger partial charge in [0.05, 0.1) is 4.92 Å². The normalized spacial score (nSPS) is 21.6. The van der Waals surface area contributed by atoms with Crippen LogP contribution in [0.4, 0.5) is 10.1 Å². The molecule has 0 spiro atoms. The molecule has 1 fully saturated rings. The Balaban J connectivity index is 2.06. The number of ether oxygens (including phenoxy) is 2. The number of halogens is 2. The van der Waals surface area contributed by atoms with Crippen molar-refractivity contribution in [1.82, 2.24) is 0 Å². The van der Waals surface area contributed by atoms with Gasteiger partial charge in [-0.05, 0) is 50.6 Å². The Morgan fingerprint density at radius 3 is 2.56 bits per heavy atom. The molecule has 1 saturated heterocycles. The Bertz CT molecular complexity index is 927. The van der Waals surface area contributed by atoms with Crippen molar-refractivity contribution in [1.29, 1.82) is 0 Å². The van der Waals surface area contributed by atoms with Crippen LogP contribution in [0.15, 0.2) is 42.5 Å². The van der Waals surface area contributed by atoms with Crippen LogP contribution in [0.5, 0.6) is 0 Å². The predicted octanol–water partition coefficient (Wildman–Crippen LogP) is 4.70. The molecule has 0 aliphatic carbocycles. The molecule has 0 saturated carbocycles. The summed E-state index contributed by atoms with van der Waals surface area (Å²) in [5.41, 5.74) is -1.85. The minimum atomic E-state index is -1.54. The number of epoxide rings is 1. The smallest absolute Gasteiger partial charge is 0.346 e. The topological polar surface area (TPSA) is 82.0 Å². The Morgan fingerprint density at radius 1 is 1.30 bits per heavy atom. The number of carbonyl (C=O) groups is 1. The van der Waals surface area contributed by atoms with Gasteiger partial charge in [-0.3, -0.25) is 10.1 Å². The van der Waals surface area contributed by atoms with Crippen LogP contribution < -0.4 is 0 Å². The van der Waals surface area contributed by atoms with Crippen molar-refractivity contribution >= 4 is 23.3 Å². The number of nitrogens with zero attached hydrogens (tertiary/aromatic N) is 1. The van der Waals surface area contributed by atoms with Gasteiger partial charge in [-0.15, -0.1) is 0 Å². The van der Waals surface area contributed by atoms with Gasteiger partial charge in [-0.2, -0.15) is 0 Å². The van der Waals surface area contributed by atoms with E-state index in [1.807, 2.05) is 0 Å². The largest absolute Gasteiger partial charge is 0.457 e. The second kappa shape index (κ2) is 6.58. The minimum Gasteiger partial charge on any atom is -0.457 e. The molecule has 3 rings (SSSR count). The molecule has 2 atom stereocenters. The van der Waals surface area contributed by atoms with Crippen molar-refractivity contribution in [3.63, 3.8) is 0 Å². The lowest BCUT2D eigenvalue weighted by molar-refractivity contribution is -0.384. The van der Waals surface area contributed by atoms with E-state index in [4.69, 9.17) is 21.1 Å². The fraction of sp³-hybridized carbons (Fsp3) is 0.316. The van der Waals surface area contributed by atoms with Gasteiger partial charge in [0.1, 0.15) is 22.5 Å². The van der Waals surface area contributed by atoms with Crippen molar-refractivity contribution in [2.75, 3.05) is 0 Å². The molecule has 8 heteroatoms. The number of hydrogen-bond donors (Lipinski definition) is 0. The van der Waals surface area contributed by atoms with E-state index in [2.05, 4.69) is 0 Å². The van der Waals surface area contributed by atoms with Gasteiger partial charge < -0.3 is 9.47 Å². The van der Waals surface area contributed by atoms with Crippen molar-refractivity contribution in [3.8, 4) is 0 Å². The highest BCUT2D eigenvalue weighted by Crippen LogP contribution is 2.58. The summed E-state index contributed by atoms with van der Waals surface area (Å²) in [5.74, 6) is -1.14. The van der Waals surface area contributed by atoms with E-state index < -0.39 is 34.0 Å². The summed E-state index contributed by atoms with van der Waals surface area (Å²) in [6.45, 7) is 5.13. The maximum atomic E-state index is 13.6. The first-order valence-corrected chi connectivity index (χ1v) is 8.53. The quantitative estimate of drug-likeness (QED) is 0.325. The molecule has 142 valence electrons. The second-order valence-electron chi connectivity index (χ2n) is 7.21. The van der Waals surface area contributed by atoms with Crippen LogP contribution in [0.2, 0.25) is 5.02 Å². The minimum absolute atomic E-state index is 0.131. The van der Waals surface area contributed by atoms with Crippen LogP contribution in [0, 0.1) is 15.9 Å². The molecule has 0 N–H and O–H groups in total. The lowest BCUT2D eigenvalue weighted by Crippen LogP contribution is -2.33. The van der Waals surface area contributed by atoms with Gasteiger partial charge in [-0.25, -0.2) is 9.18 Å². The molecule has 2 aromatic rings. The average molecular weight is 394 g/mol. The van der Waals surface area contributed by atoms with E-state index in [0.717, 1.165) is 0 Å². The van der Waals surface area contributed by atoms with Crippen molar-refractivity contribution in [2.24, 2.45) is 0 Å². The van der Waals surface area contributed by atoms with Crippen LogP contribution in [-0.2, 0) is 19.9 Å². The molecule has 0 amide bonds. The molecule has 1 heterocycles. The zero-order valence-electron chi connectivity index (χ0n) is 14.9. The lowest BCUT2D eigenvalue weighted by atomic mass is 9.91. The van der Waals surface area contributed by atoms with E-state index in [0.29, 0.717) is 11.1 Å². The number of benzene rings is 2. The number of rotatable bonds is 4. The van der Waals surface area contributed by atoms with Gasteiger partial charge in [0, 0.05) is 11.6 Å². The number of esters is 1. The molecule has 2 unspecified atom stereocenters. The van der Waals surface area contributed by atoms with Gasteiger partial charge in [0.15, 0.2) is 0 Å². The van der Waals surface area contributed by atoms with Crippen LogP contribution in [-0.4, -0.2) is 16.5 Å². The predicted molar refractivity (Wildman–Crippen MR) is 95.9 cm³/mol. The Morgan fingerprint density at radius 2 is 2.00 bits per heavy atom. The van der Waals surface area contributed by atoms with Crippen molar-refractivity contribution in [2.45, 2.75) is 38.1 Å². The van der Waals surface area contributed by atoms with E-state index in [-0.39, 0.29) is 10.7 Å². The summed E-state index contributed by atoms with van der Waals surface area (Å²) in [4.78, 5) is 23.3. The molecule has 0 radical (unpaired) electrons. The maximum absolute atomic E-state index is 13.6. The molecular formula is C19H17ClFNO5. The first-order chi connectivity index (χ1) is 12.5. The fourth-order valence-corrected chi connectivity index (χ4v) is 3.11. The average Bonchev–Trinajstić information content (AvgIpc) is 3.30. The SMILES string of the molecule is CC(C)(C)OC(=O)C1(c2ccc([N+](=O)[O-])c(Cl)c2)OC1c1cccc(F)c1. The molecule has 27 heavy (non-hydrogen) atoms. The molecule has 6 nitrogen and oxygen atoms in total. The van der Waals surface area contributed by atoms with E-state index in [1.165, 1.54) is 36.4 Å². The first-order valence-electron chi connectivity index (χ1n) is 8.16. The summed E-state index contributed by atoms with van der Waals surface area (Å²) < 4.78 is 24.8. The summed E-state index contributed by atoms with van der Waals surface area (Å²) in [6, 6.07) is 9.60. The van der Waals surface area contributed by atoms with E-state index in [9.17, 15) is 19.3 Å². The molecule has 0 bridgehead atoms. The van der Waals surface area contributed by atoms with Crippen LogP contribution in [0.25, 0.3) is 0 Å². The Labute approximate surface area is 160 Å².